The molecule has 0 atom stereocenters. The van der Waals surface area contributed by atoms with Crippen molar-refractivity contribution >= 4 is 27.3 Å². The van der Waals surface area contributed by atoms with Gasteiger partial charge in [-0.15, -0.1) is 11.3 Å². The summed E-state index contributed by atoms with van der Waals surface area (Å²) in [5.41, 5.74) is 2.20. The van der Waals surface area contributed by atoms with E-state index in [1.54, 1.807) is 17.4 Å². The summed E-state index contributed by atoms with van der Waals surface area (Å²) in [6.45, 7) is 5.82. The highest BCUT2D eigenvalue weighted by molar-refractivity contribution is 7.88. The lowest BCUT2D eigenvalue weighted by atomic mass is 10.1. The topological polar surface area (TPSA) is 75.7 Å². The fraction of sp³-hybridized carbons (Fsp3) is 0.421. The fourth-order valence-corrected chi connectivity index (χ4v) is 5.59. The third kappa shape index (κ3) is 4.95. The van der Waals surface area contributed by atoms with Crippen molar-refractivity contribution in [2.24, 2.45) is 0 Å². The molecule has 146 valence electrons. The summed E-state index contributed by atoms with van der Waals surface area (Å²) < 4.78 is 32.1. The van der Waals surface area contributed by atoms with E-state index in [0.717, 1.165) is 15.3 Å². The number of morpholine rings is 1. The number of thiophene rings is 1. The second kappa shape index (κ2) is 8.52. The van der Waals surface area contributed by atoms with Crippen LogP contribution in [-0.2, 0) is 27.1 Å². The SMILES string of the molecule is Cc1cc(C(=O)NCc2ccccc2CS(=O)(=O)N2CCOCC2)c(C)s1. The van der Waals surface area contributed by atoms with E-state index in [1.807, 2.05) is 38.1 Å². The standard InChI is InChI=1S/C19H24N2O4S2/c1-14-11-18(15(2)26-14)19(22)20-12-16-5-3-4-6-17(16)13-27(23,24)21-7-9-25-10-8-21/h3-6,11H,7-10,12-13H2,1-2H3,(H,20,22). The van der Waals surface area contributed by atoms with Crippen LogP contribution >= 0.6 is 11.3 Å². The molecule has 0 spiro atoms. The van der Waals surface area contributed by atoms with Crippen LogP contribution in [0, 0.1) is 13.8 Å². The molecule has 0 radical (unpaired) electrons. The maximum absolute atomic E-state index is 12.7. The lowest BCUT2D eigenvalue weighted by Gasteiger charge is -2.26. The number of hydrogen-bond donors (Lipinski definition) is 1. The number of benzene rings is 1. The first-order valence-corrected chi connectivity index (χ1v) is 11.3. The van der Waals surface area contributed by atoms with Gasteiger partial charge in [0, 0.05) is 29.4 Å². The second-order valence-electron chi connectivity index (χ2n) is 6.55. The van der Waals surface area contributed by atoms with Crippen molar-refractivity contribution in [3.63, 3.8) is 0 Å². The van der Waals surface area contributed by atoms with E-state index >= 15 is 0 Å². The van der Waals surface area contributed by atoms with Gasteiger partial charge in [0.15, 0.2) is 0 Å². The van der Waals surface area contributed by atoms with E-state index in [2.05, 4.69) is 5.32 Å². The first-order valence-electron chi connectivity index (χ1n) is 8.84. The molecular formula is C19H24N2O4S2. The number of carbonyl (C=O) groups excluding carboxylic acids is 1. The maximum atomic E-state index is 12.7. The number of amides is 1. The van der Waals surface area contributed by atoms with E-state index in [-0.39, 0.29) is 11.7 Å². The van der Waals surface area contributed by atoms with Gasteiger partial charge in [-0.1, -0.05) is 24.3 Å². The minimum absolute atomic E-state index is 0.0738. The molecule has 1 aliphatic heterocycles. The molecule has 1 saturated heterocycles. The Morgan fingerprint density at radius 1 is 1.19 bits per heavy atom. The zero-order valence-corrected chi connectivity index (χ0v) is 17.2. The number of hydrogen-bond acceptors (Lipinski definition) is 5. The normalized spacial score (nSPS) is 15.6. The van der Waals surface area contributed by atoms with Crippen molar-refractivity contribution in [2.75, 3.05) is 26.3 Å². The Balaban J connectivity index is 1.70. The summed E-state index contributed by atoms with van der Waals surface area (Å²) in [5.74, 6) is -0.210. The van der Waals surface area contributed by atoms with Gasteiger partial charge in [-0.3, -0.25) is 4.79 Å². The number of nitrogens with zero attached hydrogens (tertiary/aromatic N) is 1. The van der Waals surface area contributed by atoms with Gasteiger partial charge < -0.3 is 10.1 Å². The number of nitrogens with one attached hydrogen (secondary N) is 1. The average Bonchev–Trinajstić information content (AvgIpc) is 2.99. The van der Waals surface area contributed by atoms with E-state index in [1.165, 1.54) is 4.31 Å². The van der Waals surface area contributed by atoms with Gasteiger partial charge in [0.25, 0.3) is 5.91 Å². The Kier molecular flexibility index (Phi) is 6.31. The van der Waals surface area contributed by atoms with Gasteiger partial charge in [0.2, 0.25) is 10.0 Å². The molecule has 2 aromatic rings. The smallest absolute Gasteiger partial charge is 0.252 e. The average molecular weight is 409 g/mol. The number of carbonyl (C=O) groups is 1. The van der Waals surface area contributed by atoms with Crippen molar-refractivity contribution in [3.05, 3.63) is 56.8 Å². The molecule has 1 N–H and O–H groups in total. The number of sulfonamides is 1. The zero-order chi connectivity index (χ0) is 19.4. The molecule has 0 unspecified atom stereocenters. The highest BCUT2D eigenvalue weighted by Gasteiger charge is 2.25. The maximum Gasteiger partial charge on any atom is 0.252 e. The van der Waals surface area contributed by atoms with Crippen LogP contribution in [0.3, 0.4) is 0 Å². The quantitative estimate of drug-likeness (QED) is 0.797. The summed E-state index contributed by atoms with van der Waals surface area (Å²) >= 11 is 1.59. The van der Waals surface area contributed by atoms with E-state index in [9.17, 15) is 13.2 Å². The third-order valence-corrected chi connectivity index (χ3v) is 7.34. The van der Waals surface area contributed by atoms with Crippen molar-refractivity contribution in [2.45, 2.75) is 26.1 Å². The molecule has 1 aliphatic rings. The lowest BCUT2D eigenvalue weighted by Crippen LogP contribution is -2.41. The molecule has 0 saturated carbocycles. The Hall–Kier alpha value is -1.74. The van der Waals surface area contributed by atoms with Crippen molar-refractivity contribution < 1.29 is 17.9 Å². The van der Waals surface area contributed by atoms with Crippen LogP contribution in [0.25, 0.3) is 0 Å². The molecule has 2 heterocycles. The Bertz CT molecular complexity index is 916. The summed E-state index contributed by atoms with van der Waals surface area (Å²) in [6.07, 6.45) is 0. The van der Waals surface area contributed by atoms with Crippen LogP contribution in [0.15, 0.2) is 30.3 Å². The van der Waals surface area contributed by atoms with Gasteiger partial charge in [-0.2, -0.15) is 4.31 Å². The molecule has 0 bridgehead atoms. The predicted octanol–water partition coefficient (Wildman–Crippen LogP) is 2.46. The van der Waals surface area contributed by atoms with E-state index in [4.69, 9.17) is 4.74 Å². The molecular weight excluding hydrogens is 384 g/mol. The summed E-state index contributed by atoms with van der Waals surface area (Å²) in [5, 5.41) is 2.91. The van der Waals surface area contributed by atoms with Crippen LogP contribution in [0.4, 0.5) is 0 Å². The van der Waals surface area contributed by atoms with Crippen LogP contribution in [0.1, 0.15) is 31.2 Å². The molecule has 8 heteroatoms. The molecule has 6 nitrogen and oxygen atoms in total. The molecule has 0 aliphatic carbocycles. The van der Waals surface area contributed by atoms with Gasteiger partial charge in [-0.25, -0.2) is 8.42 Å². The largest absolute Gasteiger partial charge is 0.379 e. The Labute approximate surface area is 164 Å². The Morgan fingerprint density at radius 2 is 1.85 bits per heavy atom. The minimum Gasteiger partial charge on any atom is -0.379 e. The molecule has 27 heavy (non-hydrogen) atoms. The van der Waals surface area contributed by atoms with Crippen LogP contribution < -0.4 is 5.32 Å². The third-order valence-electron chi connectivity index (χ3n) is 4.54. The molecule has 1 aromatic carbocycles. The summed E-state index contributed by atoms with van der Waals surface area (Å²) in [4.78, 5) is 14.5. The van der Waals surface area contributed by atoms with Crippen LogP contribution in [-0.4, -0.2) is 44.9 Å². The van der Waals surface area contributed by atoms with E-state index in [0.29, 0.717) is 44.0 Å². The number of ether oxygens (including phenoxy) is 1. The fourth-order valence-electron chi connectivity index (χ4n) is 3.11. The monoisotopic (exact) mass is 408 g/mol. The lowest BCUT2D eigenvalue weighted by molar-refractivity contribution is 0.0729. The molecule has 1 fully saturated rings. The van der Waals surface area contributed by atoms with Gasteiger partial charge in [0.05, 0.1) is 24.5 Å². The van der Waals surface area contributed by atoms with Crippen molar-refractivity contribution in [1.29, 1.82) is 0 Å². The predicted molar refractivity (Wildman–Crippen MR) is 106 cm³/mol. The molecule has 1 amide bonds. The van der Waals surface area contributed by atoms with Crippen LogP contribution in [0.5, 0.6) is 0 Å². The summed E-state index contributed by atoms with van der Waals surface area (Å²) in [6, 6.07) is 9.22. The van der Waals surface area contributed by atoms with E-state index < -0.39 is 10.0 Å². The molecule has 1 aromatic heterocycles. The Morgan fingerprint density at radius 3 is 2.48 bits per heavy atom. The van der Waals surface area contributed by atoms with Crippen LogP contribution in [0.2, 0.25) is 0 Å². The second-order valence-corrected chi connectivity index (χ2v) is 9.98. The van der Waals surface area contributed by atoms with Crippen molar-refractivity contribution in [1.82, 2.24) is 9.62 Å². The summed E-state index contributed by atoms with van der Waals surface area (Å²) in [7, 11) is -3.41. The number of rotatable bonds is 6. The highest BCUT2D eigenvalue weighted by Crippen LogP contribution is 2.21. The van der Waals surface area contributed by atoms with Crippen molar-refractivity contribution in [3.8, 4) is 0 Å². The first kappa shape index (κ1) is 20.0. The highest BCUT2D eigenvalue weighted by atomic mass is 32.2. The van der Waals surface area contributed by atoms with Gasteiger partial charge in [-0.05, 0) is 31.0 Å². The van der Waals surface area contributed by atoms with Gasteiger partial charge >= 0.3 is 0 Å². The molecule has 3 rings (SSSR count). The zero-order valence-electron chi connectivity index (χ0n) is 15.5. The van der Waals surface area contributed by atoms with Gasteiger partial charge in [0.1, 0.15) is 0 Å². The number of aryl methyl sites for hydroxylation is 2. The first-order chi connectivity index (χ1) is 12.9. The minimum atomic E-state index is -3.41.